The van der Waals surface area contributed by atoms with Crippen LogP contribution in [0.5, 0.6) is 5.75 Å². The molecule has 1 aliphatic heterocycles. The van der Waals surface area contributed by atoms with Crippen molar-refractivity contribution in [2.75, 3.05) is 0 Å². The minimum absolute atomic E-state index is 0.375. The molecule has 0 aromatic heterocycles. The van der Waals surface area contributed by atoms with Crippen molar-refractivity contribution in [3.63, 3.8) is 0 Å². The smallest absolute Gasteiger partial charge is 0.399 e. The topological polar surface area (TPSA) is 47.9 Å². The zero-order valence-electron chi connectivity index (χ0n) is 15.5. The van der Waals surface area contributed by atoms with Crippen molar-refractivity contribution in [3.05, 3.63) is 23.8 Å². The Labute approximate surface area is 135 Å². The van der Waals surface area contributed by atoms with Gasteiger partial charge in [-0.05, 0) is 52.2 Å². The van der Waals surface area contributed by atoms with E-state index < -0.39 is 7.12 Å². The molecule has 126 valence electrons. The lowest BCUT2D eigenvalue weighted by atomic mass is 9.76. The lowest BCUT2D eigenvalue weighted by Gasteiger charge is -2.32. The van der Waals surface area contributed by atoms with E-state index in [4.69, 9.17) is 14.6 Å². The van der Waals surface area contributed by atoms with Crippen LogP contribution in [-0.2, 0) is 9.31 Å². The molecule has 1 heterocycles. The molecule has 0 aliphatic carbocycles. The van der Waals surface area contributed by atoms with Gasteiger partial charge in [-0.3, -0.25) is 0 Å². The predicted molar refractivity (Wildman–Crippen MR) is 92.8 cm³/mol. The van der Waals surface area contributed by atoms with Crippen LogP contribution >= 0.6 is 0 Å². The van der Waals surface area contributed by atoms with Gasteiger partial charge in [-0.25, -0.2) is 5.26 Å². The van der Waals surface area contributed by atoms with E-state index in [2.05, 4.69) is 4.89 Å². The fraction of sp³-hybridized carbons (Fsp3) is 0.647. The van der Waals surface area contributed by atoms with Crippen LogP contribution in [0.25, 0.3) is 0 Å². The Morgan fingerprint density at radius 1 is 0.955 bits per heavy atom. The summed E-state index contributed by atoms with van der Waals surface area (Å²) in [6.45, 7) is 18.0. The Balaban J connectivity index is 0.00000102. The third kappa shape index (κ3) is 4.48. The highest BCUT2D eigenvalue weighted by atomic mass is 17.1. The van der Waals surface area contributed by atoms with Gasteiger partial charge < -0.3 is 14.2 Å². The van der Waals surface area contributed by atoms with Crippen molar-refractivity contribution in [1.82, 2.24) is 0 Å². The average molecular weight is 310 g/mol. The number of rotatable bonds is 2. The van der Waals surface area contributed by atoms with Gasteiger partial charge in [-0.2, -0.15) is 0 Å². The Morgan fingerprint density at radius 3 is 1.82 bits per heavy atom. The molecule has 4 nitrogen and oxygen atoms in total. The molecule has 0 unspecified atom stereocenters. The third-order valence-corrected chi connectivity index (χ3v) is 3.86. The Hall–Kier alpha value is -1.04. The second kappa shape index (κ2) is 8.56. The maximum atomic E-state index is 8.72. The molecule has 5 heteroatoms. The van der Waals surface area contributed by atoms with E-state index in [9.17, 15) is 0 Å². The van der Waals surface area contributed by atoms with Gasteiger partial charge in [-0.15, -0.1) is 0 Å². The second-order valence-corrected chi connectivity index (χ2v) is 5.70. The minimum atomic E-state index is -0.440. The molecular formula is C17H31BO4. The first-order valence-corrected chi connectivity index (χ1v) is 8.04. The highest BCUT2D eigenvalue weighted by molar-refractivity contribution is 6.62. The summed E-state index contributed by atoms with van der Waals surface area (Å²) in [6.07, 6.45) is 0. The average Bonchev–Trinajstić information content (AvgIpc) is 2.72. The zero-order valence-corrected chi connectivity index (χ0v) is 15.5. The first kappa shape index (κ1) is 21.0. The molecule has 0 bridgehead atoms. The molecule has 1 aromatic rings. The van der Waals surface area contributed by atoms with Crippen LogP contribution in [0.4, 0.5) is 0 Å². The lowest BCUT2D eigenvalue weighted by Crippen LogP contribution is -2.41. The van der Waals surface area contributed by atoms with Gasteiger partial charge in [0.05, 0.1) is 11.2 Å². The molecule has 1 fully saturated rings. The van der Waals surface area contributed by atoms with Crippen molar-refractivity contribution < 1.29 is 19.5 Å². The van der Waals surface area contributed by atoms with Gasteiger partial charge in [0.2, 0.25) is 0 Å². The van der Waals surface area contributed by atoms with Gasteiger partial charge in [0.1, 0.15) is 0 Å². The summed E-state index contributed by atoms with van der Waals surface area (Å²) < 4.78 is 11.9. The van der Waals surface area contributed by atoms with Gasteiger partial charge in [0.25, 0.3) is 0 Å². The quantitative estimate of drug-likeness (QED) is 0.505. The summed E-state index contributed by atoms with van der Waals surface area (Å²) in [4.78, 5) is 4.26. The molecule has 1 saturated heterocycles. The van der Waals surface area contributed by atoms with Gasteiger partial charge >= 0.3 is 7.12 Å². The lowest BCUT2D eigenvalue weighted by molar-refractivity contribution is -0.137. The monoisotopic (exact) mass is 310 g/mol. The van der Waals surface area contributed by atoms with Gasteiger partial charge in [-0.1, -0.05) is 39.3 Å². The molecule has 22 heavy (non-hydrogen) atoms. The minimum Gasteiger partial charge on any atom is -0.399 e. The van der Waals surface area contributed by atoms with Crippen LogP contribution in [0.15, 0.2) is 18.2 Å². The number of benzene rings is 1. The predicted octanol–water partition coefficient (Wildman–Crippen LogP) is 4.20. The molecule has 2 rings (SSSR count). The summed E-state index contributed by atoms with van der Waals surface area (Å²) in [5, 5.41) is 8.72. The highest BCUT2D eigenvalue weighted by Gasteiger charge is 2.52. The van der Waals surface area contributed by atoms with Crippen molar-refractivity contribution in [2.45, 2.75) is 73.5 Å². The van der Waals surface area contributed by atoms with Gasteiger partial charge in [0.15, 0.2) is 5.75 Å². The summed E-state index contributed by atoms with van der Waals surface area (Å²) in [5.41, 5.74) is 1.16. The maximum Gasteiger partial charge on any atom is 0.495 e. The van der Waals surface area contributed by atoms with Gasteiger partial charge in [0, 0.05) is 0 Å². The highest BCUT2D eigenvalue weighted by Crippen LogP contribution is 2.36. The molecule has 0 saturated carbocycles. The molecule has 0 spiro atoms. The largest absolute Gasteiger partial charge is 0.495 e. The van der Waals surface area contributed by atoms with Crippen LogP contribution < -0.4 is 10.4 Å². The van der Waals surface area contributed by atoms with Crippen molar-refractivity contribution in [2.24, 2.45) is 0 Å². The van der Waals surface area contributed by atoms with E-state index in [0.29, 0.717) is 5.75 Å². The molecule has 0 radical (unpaired) electrons. The molecule has 0 amide bonds. The van der Waals surface area contributed by atoms with Crippen LogP contribution in [0.1, 0.15) is 61.0 Å². The molecule has 1 N–H and O–H groups in total. The maximum absolute atomic E-state index is 8.72. The van der Waals surface area contributed by atoms with E-state index in [1.54, 1.807) is 12.1 Å². The van der Waals surface area contributed by atoms with Crippen molar-refractivity contribution in [3.8, 4) is 5.75 Å². The Bertz CT molecular complexity index is 442. The molecule has 1 aliphatic rings. The summed E-state index contributed by atoms with van der Waals surface area (Å²) >= 11 is 0. The molecule has 1 aromatic carbocycles. The van der Waals surface area contributed by atoms with Crippen molar-refractivity contribution in [1.29, 1.82) is 0 Å². The standard InChI is InChI=1S/C13H19BO4.2C2H6/c1-9-6-7-10(16-15)8-11(9)14-17-12(2,3)13(4,5)18-14;2*1-2/h6-8,15H,1-5H3;2*1-2H3. The normalized spacial score (nSPS) is 17.8. The van der Waals surface area contributed by atoms with E-state index >= 15 is 0 Å². The Kier molecular flexibility index (Phi) is 8.16. The third-order valence-electron chi connectivity index (χ3n) is 3.86. The second-order valence-electron chi connectivity index (χ2n) is 5.70. The summed E-state index contributed by atoms with van der Waals surface area (Å²) in [7, 11) is -0.440. The fourth-order valence-electron chi connectivity index (χ4n) is 1.90. The van der Waals surface area contributed by atoms with E-state index in [0.717, 1.165) is 11.0 Å². The summed E-state index contributed by atoms with van der Waals surface area (Å²) in [6, 6.07) is 5.30. The number of hydrogen-bond donors (Lipinski definition) is 1. The van der Waals surface area contributed by atoms with Crippen LogP contribution in [0.3, 0.4) is 0 Å². The zero-order chi connectivity index (χ0) is 17.6. The SMILES string of the molecule is CC.CC.Cc1ccc(OO)cc1B1OC(C)(C)C(C)(C)O1. The van der Waals surface area contributed by atoms with E-state index in [1.165, 1.54) is 0 Å². The Morgan fingerprint density at radius 2 is 1.41 bits per heavy atom. The first-order chi connectivity index (χ1) is 10.3. The molecular weight excluding hydrogens is 279 g/mol. The van der Waals surface area contributed by atoms with Crippen molar-refractivity contribution >= 4 is 12.6 Å². The molecule has 0 atom stereocenters. The fourth-order valence-corrected chi connectivity index (χ4v) is 1.90. The van der Waals surface area contributed by atoms with E-state index in [-0.39, 0.29) is 11.2 Å². The first-order valence-electron chi connectivity index (χ1n) is 8.04. The number of aryl methyl sites for hydroxylation is 1. The summed E-state index contributed by atoms with van der Waals surface area (Å²) in [5.74, 6) is 0.380. The van der Waals surface area contributed by atoms with Crippen LogP contribution in [0.2, 0.25) is 0 Å². The van der Waals surface area contributed by atoms with E-state index in [1.807, 2.05) is 68.4 Å². The van der Waals surface area contributed by atoms with Crippen LogP contribution in [-0.4, -0.2) is 23.6 Å². The van der Waals surface area contributed by atoms with Crippen LogP contribution in [0, 0.1) is 6.92 Å². The number of hydrogen-bond acceptors (Lipinski definition) is 4.